The van der Waals surface area contributed by atoms with Crippen LogP contribution in [0.25, 0.3) is 5.52 Å². The monoisotopic (exact) mass is 260 g/mol. The van der Waals surface area contributed by atoms with Crippen molar-refractivity contribution < 1.29 is 0 Å². The molecule has 6 nitrogen and oxygen atoms in total. The average molecular weight is 260 g/mol. The van der Waals surface area contributed by atoms with Crippen molar-refractivity contribution >= 4 is 11.3 Å². The summed E-state index contributed by atoms with van der Waals surface area (Å²) in [6.45, 7) is 6.07. The average Bonchev–Trinajstić information content (AvgIpc) is 2.94. The van der Waals surface area contributed by atoms with E-state index >= 15 is 0 Å². The van der Waals surface area contributed by atoms with Crippen LogP contribution in [-0.2, 0) is 0 Å². The highest BCUT2D eigenvalue weighted by Gasteiger charge is 2.19. The van der Waals surface area contributed by atoms with E-state index in [0.29, 0.717) is 0 Å². The maximum atomic E-state index is 5.56. The topological polar surface area (TPSA) is 62.7 Å². The minimum absolute atomic E-state index is 0.775. The van der Waals surface area contributed by atoms with Gasteiger partial charge in [-0.05, 0) is 25.6 Å². The third-order valence-electron chi connectivity index (χ3n) is 3.65. The molecular weight excluding hydrogens is 240 g/mol. The lowest BCUT2D eigenvalue weighted by atomic mass is 10.2. The number of nitrogens with two attached hydrogens (primary N) is 1. The normalized spacial score (nSPS) is 17.2. The summed E-state index contributed by atoms with van der Waals surface area (Å²) in [5.41, 5.74) is 6.64. The molecule has 3 rings (SSSR count). The molecule has 2 N–H and O–H groups in total. The predicted octanol–water partition coefficient (Wildman–Crippen LogP) is 0.200. The van der Waals surface area contributed by atoms with Crippen LogP contribution in [0.15, 0.2) is 24.7 Å². The Bertz CT molecular complexity index is 529. The first-order valence-corrected chi connectivity index (χ1v) is 6.84. The zero-order valence-electron chi connectivity index (χ0n) is 11.1. The van der Waals surface area contributed by atoms with Crippen molar-refractivity contribution in [2.45, 2.75) is 6.42 Å². The quantitative estimate of drug-likeness (QED) is 0.851. The van der Waals surface area contributed by atoms with Crippen molar-refractivity contribution in [3.63, 3.8) is 0 Å². The molecule has 102 valence electrons. The molecule has 0 unspecified atom stereocenters. The van der Waals surface area contributed by atoms with E-state index in [2.05, 4.69) is 19.9 Å². The fourth-order valence-electron chi connectivity index (χ4n) is 2.59. The predicted molar refractivity (Wildman–Crippen MR) is 75.3 cm³/mol. The second kappa shape index (κ2) is 5.54. The Kier molecular flexibility index (Phi) is 3.61. The highest BCUT2D eigenvalue weighted by molar-refractivity contribution is 5.68. The second-order valence-electron chi connectivity index (χ2n) is 4.88. The first-order chi connectivity index (χ1) is 9.38. The van der Waals surface area contributed by atoms with E-state index in [1.54, 1.807) is 0 Å². The number of aromatic nitrogens is 3. The molecule has 1 aliphatic heterocycles. The minimum atomic E-state index is 0.775. The highest BCUT2D eigenvalue weighted by atomic mass is 15.3. The number of hydrogen-bond donors (Lipinski definition) is 1. The molecule has 1 aliphatic rings. The van der Waals surface area contributed by atoms with Crippen molar-refractivity contribution in [2.24, 2.45) is 5.73 Å². The first kappa shape index (κ1) is 12.4. The molecule has 6 heteroatoms. The summed E-state index contributed by atoms with van der Waals surface area (Å²) < 4.78 is 1.88. The first-order valence-electron chi connectivity index (χ1n) is 6.84. The van der Waals surface area contributed by atoms with E-state index in [0.717, 1.165) is 57.0 Å². The van der Waals surface area contributed by atoms with Gasteiger partial charge in [0.15, 0.2) is 5.82 Å². The molecule has 0 aromatic carbocycles. The molecule has 0 bridgehead atoms. The highest BCUT2D eigenvalue weighted by Crippen LogP contribution is 2.19. The number of anilines is 1. The molecule has 0 amide bonds. The minimum Gasteiger partial charge on any atom is -0.352 e. The Balaban J connectivity index is 1.69. The molecule has 19 heavy (non-hydrogen) atoms. The zero-order chi connectivity index (χ0) is 13.1. The van der Waals surface area contributed by atoms with Gasteiger partial charge in [-0.3, -0.25) is 4.90 Å². The van der Waals surface area contributed by atoms with Crippen molar-refractivity contribution in [3.8, 4) is 0 Å². The molecule has 0 spiro atoms. The Hall–Kier alpha value is -1.66. The van der Waals surface area contributed by atoms with Gasteiger partial charge in [-0.2, -0.15) is 5.10 Å². The van der Waals surface area contributed by atoms with Gasteiger partial charge < -0.3 is 10.6 Å². The third kappa shape index (κ3) is 2.54. The van der Waals surface area contributed by atoms with Gasteiger partial charge in [0.1, 0.15) is 5.52 Å². The molecule has 0 saturated carbocycles. The van der Waals surface area contributed by atoms with Crippen molar-refractivity contribution in [2.75, 3.05) is 44.2 Å². The number of hydrogen-bond acceptors (Lipinski definition) is 5. The molecule has 2 aromatic rings. The summed E-state index contributed by atoms with van der Waals surface area (Å²) in [6.07, 6.45) is 6.60. The lowest BCUT2D eigenvalue weighted by Crippen LogP contribution is -2.47. The van der Waals surface area contributed by atoms with Crippen molar-refractivity contribution in [1.29, 1.82) is 0 Å². The van der Waals surface area contributed by atoms with Crippen LogP contribution < -0.4 is 10.6 Å². The standard InChI is InChI=1S/C13H20N6/c14-3-1-6-17-8-10-18(11-9-17)13-12-2-4-16-19(12)7-5-15-13/h2,4-5,7H,1,3,6,8-11,14H2. The third-order valence-corrected chi connectivity index (χ3v) is 3.65. The summed E-state index contributed by atoms with van der Waals surface area (Å²) in [7, 11) is 0. The van der Waals surface area contributed by atoms with Gasteiger partial charge in [-0.1, -0.05) is 0 Å². The zero-order valence-corrected chi connectivity index (χ0v) is 11.1. The van der Waals surface area contributed by atoms with Crippen LogP contribution in [0.4, 0.5) is 5.82 Å². The maximum absolute atomic E-state index is 5.56. The van der Waals surface area contributed by atoms with Gasteiger partial charge in [0.05, 0.1) is 6.20 Å². The summed E-state index contributed by atoms with van der Waals surface area (Å²) in [6, 6.07) is 2.02. The van der Waals surface area contributed by atoms with Gasteiger partial charge in [-0.25, -0.2) is 9.50 Å². The van der Waals surface area contributed by atoms with Crippen LogP contribution in [0.5, 0.6) is 0 Å². The van der Waals surface area contributed by atoms with Crippen LogP contribution in [0.3, 0.4) is 0 Å². The molecule has 1 fully saturated rings. The number of piperazine rings is 1. The lowest BCUT2D eigenvalue weighted by Gasteiger charge is -2.35. The fourth-order valence-corrected chi connectivity index (χ4v) is 2.59. The van der Waals surface area contributed by atoms with E-state index in [9.17, 15) is 0 Å². The number of nitrogens with zero attached hydrogens (tertiary/aromatic N) is 5. The Labute approximate surface area is 112 Å². The Morgan fingerprint density at radius 1 is 1.16 bits per heavy atom. The summed E-state index contributed by atoms with van der Waals surface area (Å²) in [4.78, 5) is 9.33. The molecule has 1 saturated heterocycles. The smallest absolute Gasteiger partial charge is 0.154 e. The van der Waals surface area contributed by atoms with Gasteiger partial charge in [-0.15, -0.1) is 0 Å². The van der Waals surface area contributed by atoms with Crippen molar-refractivity contribution in [3.05, 3.63) is 24.7 Å². The largest absolute Gasteiger partial charge is 0.352 e. The van der Waals surface area contributed by atoms with Crippen LogP contribution in [-0.4, -0.2) is 58.8 Å². The summed E-state index contributed by atoms with van der Waals surface area (Å²) >= 11 is 0. The van der Waals surface area contributed by atoms with E-state index < -0.39 is 0 Å². The van der Waals surface area contributed by atoms with E-state index in [4.69, 9.17) is 5.73 Å². The SMILES string of the molecule is NCCCN1CCN(c2nccn3nccc23)CC1. The van der Waals surface area contributed by atoms with Crippen LogP contribution in [0.1, 0.15) is 6.42 Å². The van der Waals surface area contributed by atoms with E-state index in [-0.39, 0.29) is 0 Å². The maximum Gasteiger partial charge on any atom is 0.154 e. The Morgan fingerprint density at radius 2 is 2.00 bits per heavy atom. The van der Waals surface area contributed by atoms with E-state index in [1.807, 2.05) is 29.2 Å². The van der Waals surface area contributed by atoms with Gasteiger partial charge in [0.25, 0.3) is 0 Å². The summed E-state index contributed by atoms with van der Waals surface area (Å²) in [5, 5.41) is 4.26. The van der Waals surface area contributed by atoms with Crippen molar-refractivity contribution in [1.82, 2.24) is 19.5 Å². The lowest BCUT2D eigenvalue weighted by molar-refractivity contribution is 0.256. The van der Waals surface area contributed by atoms with Crippen LogP contribution in [0, 0.1) is 0 Å². The second-order valence-corrected chi connectivity index (χ2v) is 4.88. The van der Waals surface area contributed by atoms with Gasteiger partial charge in [0, 0.05) is 38.6 Å². The molecule has 2 aromatic heterocycles. The molecule has 3 heterocycles. The van der Waals surface area contributed by atoms with Crippen LogP contribution >= 0.6 is 0 Å². The number of fused-ring (bicyclic) bond motifs is 1. The fraction of sp³-hybridized carbons (Fsp3) is 0.538. The molecule has 0 radical (unpaired) electrons. The molecular formula is C13H20N6. The molecule has 0 aliphatic carbocycles. The van der Waals surface area contributed by atoms with Gasteiger partial charge >= 0.3 is 0 Å². The van der Waals surface area contributed by atoms with Gasteiger partial charge in [0.2, 0.25) is 0 Å². The number of rotatable bonds is 4. The van der Waals surface area contributed by atoms with Crippen LogP contribution in [0.2, 0.25) is 0 Å². The summed E-state index contributed by atoms with van der Waals surface area (Å²) in [5.74, 6) is 1.04. The Morgan fingerprint density at radius 3 is 2.79 bits per heavy atom. The van der Waals surface area contributed by atoms with E-state index in [1.165, 1.54) is 0 Å². The molecule has 0 atom stereocenters.